The number of amides is 1. The zero-order chi connectivity index (χ0) is 22.1. The molecule has 2 aromatic heterocycles. The number of rotatable bonds is 5. The van der Waals surface area contributed by atoms with Crippen molar-refractivity contribution in [3.05, 3.63) is 72.8 Å². The first-order chi connectivity index (χ1) is 14.9. The molecule has 0 unspecified atom stereocenters. The van der Waals surface area contributed by atoms with Crippen molar-refractivity contribution in [1.29, 1.82) is 5.26 Å². The summed E-state index contributed by atoms with van der Waals surface area (Å²) in [7, 11) is 0. The Labute approximate surface area is 174 Å². The number of nitriles is 1. The molecule has 4 rings (SSSR count). The van der Waals surface area contributed by atoms with Crippen molar-refractivity contribution in [1.82, 2.24) is 9.13 Å². The number of benzene rings is 1. The minimum atomic E-state index is -0.716. The van der Waals surface area contributed by atoms with Crippen LogP contribution in [0.4, 0.5) is 10.5 Å². The van der Waals surface area contributed by atoms with Gasteiger partial charge >= 0.3 is 17.4 Å². The van der Waals surface area contributed by atoms with Crippen LogP contribution in [0.3, 0.4) is 0 Å². The Morgan fingerprint density at radius 2 is 2.06 bits per heavy atom. The number of carbonyl (C=O) groups is 1. The Balaban J connectivity index is 1.79. The summed E-state index contributed by atoms with van der Waals surface area (Å²) in [6, 6.07) is 7.65. The van der Waals surface area contributed by atoms with E-state index in [0.717, 1.165) is 17.4 Å². The molecule has 1 amide bonds. The second-order valence-electron chi connectivity index (χ2n) is 7.11. The highest BCUT2D eigenvalue weighted by Gasteiger charge is 2.27. The molecule has 10 nitrogen and oxygen atoms in total. The first-order valence-electron chi connectivity index (χ1n) is 9.68. The lowest BCUT2D eigenvalue weighted by Gasteiger charge is -2.12. The predicted octanol–water partition coefficient (Wildman–Crippen LogP) is 1.94. The molecule has 2 heterocycles. The SMILES string of the molecule is CCOC(=O)Nc1ccc2c(Cn3c(=O)c(C#N)cn(C4CC4)c3=O)cc(=O)oc2c1. The number of hydrogen-bond donors (Lipinski definition) is 1. The van der Waals surface area contributed by atoms with Crippen LogP contribution < -0.4 is 22.2 Å². The highest BCUT2D eigenvalue weighted by molar-refractivity contribution is 5.89. The van der Waals surface area contributed by atoms with Crippen LogP contribution in [-0.2, 0) is 11.3 Å². The van der Waals surface area contributed by atoms with E-state index in [9.17, 15) is 24.4 Å². The van der Waals surface area contributed by atoms with Gasteiger partial charge in [0.15, 0.2) is 0 Å². The minimum Gasteiger partial charge on any atom is -0.450 e. The molecule has 1 aliphatic carbocycles. The zero-order valence-electron chi connectivity index (χ0n) is 16.6. The zero-order valence-corrected chi connectivity index (χ0v) is 16.6. The summed E-state index contributed by atoms with van der Waals surface area (Å²) < 4.78 is 12.4. The predicted molar refractivity (Wildman–Crippen MR) is 110 cm³/mol. The van der Waals surface area contributed by atoms with Crippen molar-refractivity contribution < 1.29 is 13.9 Å². The summed E-state index contributed by atoms with van der Waals surface area (Å²) in [5.74, 6) is 0. The first-order valence-corrected chi connectivity index (χ1v) is 9.68. The fourth-order valence-electron chi connectivity index (χ4n) is 3.35. The fraction of sp³-hybridized carbons (Fsp3) is 0.286. The first kappa shape index (κ1) is 20.2. The van der Waals surface area contributed by atoms with Crippen LogP contribution in [0.2, 0.25) is 0 Å². The quantitative estimate of drug-likeness (QED) is 0.621. The second-order valence-corrected chi connectivity index (χ2v) is 7.11. The highest BCUT2D eigenvalue weighted by atomic mass is 16.5. The average molecular weight is 422 g/mol. The van der Waals surface area contributed by atoms with Crippen LogP contribution in [0.25, 0.3) is 11.0 Å². The lowest BCUT2D eigenvalue weighted by molar-refractivity contribution is 0.168. The van der Waals surface area contributed by atoms with E-state index in [2.05, 4.69) is 5.32 Å². The van der Waals surface area contributed by atoms with Crippen LogP contribution in [0.1, 0.15) is 36.9 Å². The fourth-order valence-corrected chi connectivity index (χ4v) is 3.35. The maximum absolute atomic E-state index is 12.9. The Morgan fingerprint density at radius 3 is 2.74 bits per heavy atom. The normalized spacial score (nSPS) is 13.0. The van der Waals surface area contributed by atoms with Crippen molar-refractivity contribution in [2.24, 2.45) is 0 Å². The van der Waals surface area contributed by atoms with Gasteiger partial charge in [-0.3, -0.25) is 19.2 Å². The van der Waals surface area contributed by atoms with Crippen LogP contribution >= 0.6 is 0 Å². The molecule has 1 saturated carbocycles. The number of anilines is 1. The molecule has 0 radical (unpaired) electrons. The minimum absolute atomic E-state index is 0.0273. The van der Waals surface area contributed by atoms with Gasteiger partial charge in [-0.2, -0.15) is 5.26 Å². The molecule has 1 aromatic carbocycles. The smallest absolute Gasteiger partial charge is 0.411 e. The molecular formula is C21H18N4O6. The maximum Gasteiger partial charge on any atom is 0.411 e. The summed E-state index contributed by atoms with van der Waals surface area (Å²) in [6.07, 6.45) is 2.25. The van der Waals surface area contributed by atoms with Gasteiger partial charge in [-0.1, -0.05) is 0 Å². The van der Waals surface area contributed by atoms with E-state index < -0.39 is 23.0 Å². The molecular weight excluding hydrogens is 404 g/mol. The largest absolute Gasteiger partial charge is 0.450 e. The number of nitrogens with zero attached hydrogens (tertiary/aromatic N) is 3. The van der Waals surface area contributed by atoms with Crippen molar-refractivity contribution in [3.63, 3.8) is 0 Å². The van der Waals surface area contributed by atoms with Gasteiger partial charge < -0.3 is 9.15 Å². The van der Waals surface area contributed by atoms with E-state index in [1.807, 2.05) is 6.07 Å². The number of carbonyl (C=O) groups excluding carboxylic acids is 1. The molecule has 158 valence electrons. The Bertz CT molecular complexity index is 1400. The topological polar surface area (TPSA) is 136 Å². The van der Waals surface area contributed by atoms with E-state index in [1.165, 1.54) is 22.9 Å². The molecule has 1 aliphatic rings. The molecule has 1 fully saturated rings. The summed E-state index contributed by atoms with van der Waals surface area (Å²) in [5.41, 5.74) is -1.16. The van der Waals surface area contributed by atoms with Crippen LogP contribution in [-0.4, -0.2) is 21.8 Å². The standard InChI is InChI=1S/C21H18N4O6/c1-2-30-20(28)23-14-3-6-16-12(7-18(26)31-17(16)8-14)10-25-19(27)13(9-22)11-24(21(25)29)15-4-5-15/h3,6-8,11,15H,2,4-5,10H2,1H3,(H,23,28). The number of hydrogen-bond acceptors (Lipinski definition) is 7. The van der Waals surface area contributed by atoms with E-state index in [1.54, 1.807) is 19.1 Å². The van der Waals surface area contributed by atoms with Gasteiger partial charge in [0.05, 0.1) is 13.2 Å². The number of aromatic nitrogens is 2. The Kier molecular flexibility index (Phi) is 5.17. The summed E-state index contributed by atoms with van der Waals surface area (Å²) in [5, 5.41) is 12.3. The molecule has 0 bridgehead atoms. The third-order valence-corrected chi connectivity index (χ3v) is 4.94. The Hall–Kier alpha value is -4.13. The summed E-state index contributed by atoms with van der Waals surface area (Å²) >= 11 is 0. The molecule has 3 aromatic rings. The lowest BCUT2D eigenvalue weighted by atomic mass is 10.1. The average Bonchev–Trinajstić information content (AvgIpc) is 3.56. The molecule has 0 saturated heterocycles. The van der Waals surface area contributed by atoms with E-state index in [4.69, 9.17) is 9.15 Å². The molecule has 0 aliphatic heterocycles. The van der Waals surface area contributed by atoms with Gasteiger partial charge in [-0.25, -0.2) is 14.4 Å². The number of nitrogens with one attached hydrogen (secondary N) is 1. The van der Waals surface area contributed by atoms with Crippen molar-refractivity contribution in [2.45, 2.75) is 32.4 Å². The van der Waals surface area contributed by atoms with Crippen molar-refractivity contribution in [2.75, 3.05) is 11.9 Å². The second kappa shape index (κ2) is 7.95. The molecule has 31 heavy (non-hydrogen) atoms. The number of fused-ring (bicyclic) bond motifs is 1. The molecule has 10 heteroatoms. The van der Waals surface area contributed by atoms with Gasteiger partial charge in [0.25, 0.3) is 5.56 Å². The molecule has 0 spiro atoms. The number of ether oxygens (including phenoxy) is 1. The van der Waals surface area contributed by atoms with E-state index in [0.29, 0.717) is 16.6 Å². The van der Waals surface area contributed by atoms with Crippen LogP contribution in [0, 0.1) is 11.3 Å². The monoisotopic (exact) mass is 422 g/mol. The highest BCUT2D eigenvalue weighted by Crippen LogP contribution is 2.33. The molecule has 0 atom stereocenters. The summed E-state index contributed by atoms with van der Waals surface area (Å²) in [6.45, 7) is 1.67. The van der Waals surface area contributed by atoms with Gasteiger partial charge in [0, 0.05) is 35.4 Å². The summed E-state index contributed by atoms with van der Waals surface area (Å²) in [4.78, 5) is 49.2. The van der Waals surface area contributed by atoms with E-state index >= 15 is 0 Å². The third kappa shape index (κ3) is 3.98. The van der Waals surface area contributed by atoms with Crippen molar-refractivity contribution in [3.8, 4) is 6.07 Å². The van der Waals surface area contributed by atoms with Gasteiger partial charge in [-0.15, -0.1) is 0 Å². The Morgan fingerprint density at radius 1 is 1.29 bits per heavy atom. The van der Waals surface area contributed by atoms with Crippen molar-refractivity contribution >= 4 is 22.7 Å². The molecule has 1 N–H and O–H groups in total. The van der Waals surface area contributed by atoms with Crippen LogP contribution in [0.15, 0.2) is 49.3 Å². The maximum atomic E-state index is 12.9. The van der Waals surface area contributed by atoms with Gasteiger partial charge in [0.2, 0.25) is 0 Å². The van der Waals surface area contributed by atoms with E-state index in [-0.39, 0.29) is 30.3 Å². The third-order valence-electron chi connectivity index (χ3n) is 4.94. The lowest BCUT2D eigenvalue weighted by Crippen LogP contribution is -2.41. The van der Waals surface area contributed by atoms with Gasteiger partial charge in [-0.05, 0) is 37.5 Å². The van der Waals surface area contributed by atoms with Crippen LogP contribution in [0.5, 0.6) is 0 Å². The van der Waals surface area contributed by atoms with Gasteiger partial charge in [0.1, 0.15) is 17.2 Å².